The van der Waals surface area contributed by atoms with Gasteiger partial charge in [-0.15, -0.1) is 0 Å². The summed E-state index contributed by atoms with van der Waals surface area (Å²) in [6.45, 7) is 3.96. The molecule has 1 rings (SSSR count). The number of urea groups is 1. The Hall–Kier alpha value is -1.78. The van der Waals surface area contributed by atoms with Gasteiger partial charge in [0.25, 0.3) is 0 Å². The smallest absolute Gasteiger partial charge is 0.319 e. The lowest BCUT2D eigenvalue weighted by Crippen LogP contribution is -2.35. The van der Waals surface area contributed by atoms with Crippen molar-refractivity contribution >= 4 is 11.7 Å². The lowest BCUT2D eigenvalue weighted by atomic mass is 10.3. The van der Waals surface area contributed by atoms with Crippen molar-refractivity contribution in [1.29, 1.82) is 0 Å². The molecular formula is C11H17N3O2. The molecule has 0 aromatic carbocycles. The van der Waals surface area contributed by atoms with Crippen LogP contribution in [0.25, 0.3) is 0 Å². The monoisotopic (exact) mass is 223 g/mol. The van der Waals surface area contributed by atoms with Crippen LogP contribution in [0.3, 0.4) is 0 Å². The van der Waals surface area contributed by atoms with Gasteiger partial charge < -0.3 is 15.4 Å². The van der Waals surface area contributed by atoms with Gasteiger partial charge in [-0.05, 0) is 19.4 Å². The molecule has 0 aliphatic rings. The molecule has 1 aromatic rings. The summed E-state index contributed by atoms with van der Waals surface area (Å²) in [7, 11) is 1.55. The summed E-state index contributed by atoms with van der Waals surface area (Å²) >= 11 is 0. The van der Waals surface area contributed by atoms with Crippen molar-refractivity contribution in [3.05, 3.63) is 18.3 Å². The van der Waals surface area contributed by atoms with E-state index in [1.165, 1.54) is 0 Å². The van der Waals surface area contributed by atoms with E-state index >= 15 is 0 Å². The van der Waals surface area contributed by atoms with Crippen molar-refractivity contribution in [1.82, 2.24) is 10.3 Å². The first-order valence-electron chi connectivity index (χ1n) is 5.23. The number of nitrogens with zero attached hydrogens (tertiary/aromatic N) is 1. The van der Waals surface area contributed by atoms with E-state index in [4.69, 9.17) is 4.74 Å². The Bertz CT molecular complexity index is 338. The number of hydrogen-bond donors (Lipinski definition) is 2. The molecule has 2 N–H and O–H groups in total. The number of carbonyl (C=O) groups excluding carboxylic acids is 1. The highest BCUT2D eigenvalue weighted by Crippen LogP contribution is 2.10. The average molecular weight is 223 g/mol. The van der Waals surface area contributed by atoms with Crippen molar-refractivity contribution in [3.63, 3.8) is 0 Å². The second-order valence-corrected chi connectivity index (χ2v) is 3.50. The fourth-order valence-electron chi connectivity index (χ4n) is 1.07. The molecule has 0 radical (unpaired) electrons. The summed E-state index contributed by atoms with van der Waals surface area (Å²) in [5, 5.41) is 5.49. The number of hydrogen-bond acceptors (Lipinski definition) is 3. The summed E-state index contributed by atoms with van der Waals surface area (Å²) in [5.74, 6) is 0.521. The molecule has 0 saturated heterocycles. The molecule has 0 aliphatic heterocycles. The number of methoxy groups -OCH3 is 1. The van der Waals surface area contributed by atoms with Gasteiger partial charge in [-0.2, -0.15) is 0 Å². The summed E-state index contributed by atoms with van der Waals surface area (Å²) in [6.07, 6.45) is 2.45. The molecule has 0 aliphatic carbocycles. The third-order valence-corrected chi connectivity index (χ3v) is 2.19. The molecule has 1 atom stereocenters. The number of amides is 2. The number of aromatic nitrogens is 1. The van der Waals surface area contributed by atoms with Crippen LogP contribution in [0.5, 0.6) is 5.88 Å². The Labute approximate surface area is 95.2 Å². The highest BCUT2D eigenvalue weighted by atomic mass is 16.5. The van der Waals surface area contributed by atoms with E-state index in [0.717, 1.165) is 6.42 Å². The SMILES string of the molecule is CC[C@H](C)NC(=O)Nc1ccc(OC)nc1. The van der Waals surface area contributed by atoms with Crippen molar-refractivity contribution in [2.24, 2.45) is 0 Å². The summed E-state index contributed by atoms with van der Waals surface area (Å²) in [6, 6.07) is 3.37. The first-order chi connectivity index (χ1) is 7.65. The van der Waals surface area contributed by atoms with Crippen LogP contribution < -0.4 is 15.4 Å². The van der Waals surface area contributed by atoms with Crippen LogP contribution in [0, 0.1) is 0 Å². The lowest BCUT2D eigenvalue weighted by molar-refractivity contribution is 0.249. The Morgan fingerprint density at radius 2 is 2.31 bits per heavy atom. The maximum Gasteiger partial charge on any atom is 0.319 e. The van der Waals surface area contributed by atoms with Gasteiger partial charge in [-0.1, -0.05) is 6.92 Å². The maximum atomic E-state index is 11.5. The molecule has 16 heavy (non-hydrogen) atoms. The van der Waals surface area contributed by atoms with Gasteiger partial charge in [-0.25, -0.2) is 9.78 Å². The number of ether oxygens (including phenoxy) is 1. The van der Waals surface area contributed by atoms with E-state index in [9.17, 15) is 4.79 Å². The molecular weight excluding hydrogens is 206 g/mol. The van der Waals surface area contributed by atoms with Gasteiger partial charge in [0.05, 0.1) is 19.0 Å². The van der Waals surface area contributed by atoms with E-state index in [-0.39, 0.29) is 12.1 Å². The highest BCUT2D eigenvalue weighted by Gasteiger charge is 2.05. The largest absolute Gasteiger partial charge is 0.481 e. The quantitative estimate of drug-likeness (QED) is 0.820. The zero-order valence-corrected chi connectivity index (χ0v) is 9.78. The van der Waals surface area contributed by atoms with Crippen molar-refractivity contribution < 1.29 is 9.53 Å². The van der Waals surface area contributed by atoms with Gasteiger partial charge in [-0.3, -0.25) is 0 Å². The minimum atomic E-state index is -0.221. The van der Waals surface area contributed by atoms with E-state index < -0.39 is 0 Å². The predicted molar refractivity (Wildman–Crippen MR) is 62.7 cm³/mol. The molecule has 0 fully saturated rings. The van der Waals surface area contributed by atoms with Crippen LogP contribution in [0.4, 0.5) is 10.5 Å². The van der Waals surface area contributed by atoms with Gasteiger partial charge in [0.15, 0.2) is 0 Å². The number of nitrogens with one attached hydrogen (secondary N) is 2. The molecule has 88 valence electrons. The minimum absolute atomic E-state index is 0.159. The third kappa shape index (κ3) is 3.76. The average Bonchev–Trinajstić information content (AvgIpc) is 2.29. The number of rotatable bonds is 4. The molecule has 0 unspecified atom stereocenters. The Morgan fingerprint density at radius 1 is 1.56 bits per heavy atom. The van der Waals surface area contributed by atoms with Crippen LogP contribution in [0.15, 0.2) is 18.3 Å². The normalized spacial score (nSPS) is 11.7. The highest BCUT2D eigenvalue weighted by molar-refractivity contribution is 5.89. The standard InChI is InChI=1S/C11H17N3O2/c1-4-8(2)13-11(15)14-9-5-6-10(16-3)12-7-9/h5-8H,4H2,1-3H3,(H2,13,14,15)/t8-/m0/s1. The fourth-order valence-corrected chi connectivity index (χ4v) is 1.07. The number of pyridine rings is 1. The number of carbonyl (C=O) groups is 1. The predicted octanol–water partition coefficient (Wildman–Crippen LogP) is 2.01. The van der Waals surface area contributed by atoms with Crippen LogP contribution >= 0.6 is 0 Å². The zero-order chi connectivity index (χ0) is 12.0. The molecule has 2 amide bonds. The molecule has 0 spiro atoms. The maximum absolute atomic E-state index is 11.5. The minimum Gasteiger partial charge on any atom is -0.481 e. The lowest BCUT2D eigenvalue weighted by Gasteiger charge is -2.12. The Kier molecular flexibility index (Phi) is 4.57. The molecule has 5 nitrogen and oxygen atoms in total. The van der Waals surface area contributed by atoms with E-state index in [1.54, 1.807) is 25.4 Å². The molecule has 0 saturated carbocycles. The molecule has 5 heteroatoms. The van der Waals surface area contributed by atoms with Crippen molar-refractivity contribution in [2.75, 3.05) is 12.4 Å². The zero-order valence-electron chi connectivity index (χ0n) is 9.78. The second kappa shape index (κ2) is 5.95. The van der Waals surface area contributed by atoms with E-state index in [1.807, 2.05) is 13.8 Å². The van der Waals surface area contributed by atoms with Gasteiger partial charge in [0.2, 0.25) is 5.88 Å². The number of anilines is 1. The first-order valence-corrected chi connectivity index (χ1v) is 5.23. The van der Waals surface area contributed by atoms with Gasteiger partial charge in [0.1, 0.15) is 0 Å². The van der Waals surface area contributed by atoms with E-state index in [2.05, 4.69) is 15.6 Å². The Balaban J connectivity index is 2.49. The van der Waals surface area contributed by atoms with Gasteiger partial charge in [0, 0.05) is 12.1 Å². The second-order valence-electron chi connectivity index (χ2n) is 3.50. The van der Waals surface area contributed by atoms with Crippen LogP contribution in [-0.4, -0.2) is 24.2 Å². The summed E-state index contributed by atoms with van der Waals surface area (Å²) in [4.78, 5) is 15.4. The molecule has 1 heterocycles. The van der Waals surface area contributed by atoms with E-state index in [0.29, 0.717) is 11.6 Å². The fraction of sp³-hybridized carbons (Fsp3) is 0.455. The van der Waals surface area contributed by atoms with Crippen LogP contribution in [0.2, 0.25) is 0 Å². The third-order valence-electron chi connectivity index (χ3n) is 2.19. The molecule has 0 bridgehead atoms. The van der Waals surface area contributed by atoms with Crippen molar-refractivity contribution in [3.8, 4) is 5.88 Å². The van der Waals surface area contributed by atoms with Crippen LogP contribution in [-0.2, 0) is 0 Å². The van der Waals surface area contributed by atoms with Crippen LogP contribution in [0.1, 0.15) is 20.3 Å². The molecule has 1 aromatic heterocycles. The topological polar surface area (TPSA) is 63.2 Å². The summed E-state index contributed by atoms with van der Waals surface area (Å²) in [5.41, 5.74) is 0.640. The van der Waals surface area contributed by atoms with Gasteiger partial charge >= 0.3 is 6.03 Å². The first kappa shape index (κ1) is 12.3. The summed E-state index contributed by atoms with van der Waals surface area (Å²) < 4.78 is 4.92. The van der Waals surface area contributed by atoms with Crippen molar-refractivity contribution in [2.45, 2.75) is 26.3 Å². The Morgan fingerprint density at radius 3 is 2.81 bits per heavy atom.